The van der Waals surface area contributed by atoms with Crippen LogP contribution in [0.5, 0.6) is 0 Å². The van der Waals surface area contributed by atoms with Crippen LogP contribution in [0.25, 0.3) is 0 Å². The van der Waals surface area contributed by atoms with Crippen LogP contribution < -0.4 is 16.4 Å². The zero-order chi connectivity index (χ0) is 25.0. The highest BCUT2D eigenvalue weighted by Crippen LogP contribution is 2.42. The van der Waals surface area contributed by atoms with E-state index in [2.05, 4.69) is 36.6 Å². The smallest absolute Gasteiger partial charge is 0.316 e. The van der Waals surface area contributed by atoms with Gasteiger partial charge in [-0.05, 0) is 59.6 Å². The molecule has 182 valence electrons. The van der Waals surface area contributed by atoms with Crippen LogP contribution in [0.2, 0.25) is 5.02 Å². The van der Waals surface area contributed by atoms with Crippen molar-refractivity contribution in [2.24, 2.45) is 17.1 Å². The average molecular weight is 485 g/mol. The summed E-state index contributed by atoms with van der Waals surface area (Å²) in [5.74, 6) is -0.255. The van der Waals surface area contributed by atoms with Crippen molar-refractivity contribution in [3.05, 3.63) is 64.7 Å². The van der Waals surface area contributed by atoms with E-state index in [0.29, 0.717) is 35.3 Å². The summed E-state index contributed by atoms with van der Waals surface area (Å²) < 4.78 is 0. The fourth-order valence-electron chi connectivity index (χ4n) is 4.67. The lowest BCUT2D eigenvalue weighted by Crippen LogP contribution is -2.55. The summed E-state index contributed by atoms with van der Waals surface area (Å²) in [4.78, 5) is 39.4. The van der Waals surface area contributed by atoms with Gasteiger partial charge in [-0.2, -0.15) is 0 Å². The zero-order valence-electron chi connectivity index (χ0n) is 20.1. The normalized spacial score (nSPS) is 18.3. The Bertz CT molecular complexity index is 1050. The second-order valence-corrected chi connectivity index (χ2v) is 10.3. The second-order valence-electron chi connectivity index (χ2n) is 9.91. The van der Waals surface area contributed by atoms with E-state index < -0.39 is 12.1 Å². The molecule has 0 radical (unpaired) electrons. The molecule has 0 saturated carbocycles. The van der Waals surface area contributed by atoms with E-state index in [0.717, 1.165) is 6.42 Å². The van der Waals surface area contributed by atoms with Gasteiger partial charge in [-0.15, -0.1) is 0 Å². The van der Waals surface area contributed by atoms with Gasteiger partial charge in [0.05, 0.1) is 0 Å². The van der Waals surface area contributed by atoms with Gasteiger partial charge >= 0.3 is 6.03 Å². The van der Waals surface area contributed by atoms with Crippen molar-refractivity contribution in [3.63, 3.8) is 0 Å². The molecule has 4 amide bonds. The van der Waals surface area contributed by atoms with Crippen molar-refractivity contribution in [2.45, 2.75) is 46.1 Å². The highest BCUT2D eigenvalue weighted by Gasteiger charge is 2.40. The molecule has 1 fully saturated rings. The summed E-state index contributed by atoms with van der Waals surface area (Å²) in [6, 6.07) is 13.0. The first-order chi connectivity index (χ1) is 16.0. The maximum Gasteiger partial charge on any atom is 0.316 e. The van der Waals surface area contributed by atoms with Crippen LogP contribution in [0.15, 0.2) is 48.5 Å². The van der Waals surface area contributed by atoms with Crippen LogP contribution in [0, 0.1) is 11.3 Å². The number of nitrogens with zero attached hydrogens (tertiary/aromatic N) is 1. The summed E-state index contributed by atoms with van der Waals surface area (Å²) in [5.41, 5.74) is 7.00. The number of carbonyl (C=O) groups excluding carboxylic acids is 3. The maximum atomic E-state index is 13.5. The monoisotopic (exact) mass is 484 g/mol. The Morgan fingerprint density at radius 2 is 1.79 bits per heavy atom. The van der Waals surface area contributed by atoms with Crippen molar-refractivity contribution in [2.75, 3.05) is 18.4 Å². The first kappa shape index (κ1) is 25.6. The minimum Gasteiger partial charge on any atom is -0.351 e. The van der Waals surface area contributed by atoms with Gasteiger partial charge in [0.15, 0.2) is 0 Å². The van der Waals surface area contributed by atoms with E-state index in [1.807, 2.05) is 30.9 Å². The molecule has 0 spiro atoms. The molecule has 2 atom stereocenters. The molecule has 4 N–H and O–H groups in total. The van der Waals surface area contributed by atoms with Crippen LogP contribution >= 0.6 is 11.6 Å². The fourth-order valence-corrected chi connectivity index (χ4v) is 4.80. The molecular formula is C26H33ClN4O3. The predicted molar refractivity (Wildman–Crippen MR) is 135 cm³/mol. The number of anilines is 1. The summed E-state index contributed by atoms with van der Waals surface area (Å²) in [7, 11) is 0. The Labute approximate surface area is 206 Å². The molecule has 1 aliphatic rings. The average Bonchev–Trinajstić information content (AvgIpc) is 2.76. The number of likely N-dealkylation sites (tertiary alicyclic amines) is 1. The topological polar surface area (TPSA) is 105 Å². The van der Waals surface area contributed by atoms with Crippen molar-refractivity contribution < 1.29 is 14.4 Å². The molecule has 1 unspecified atom stereocenters. The lowest BCUT2D eigenvalue weighted by Gasteiger charge is -2.45. The number of urea groups is 1. The third-order valence-electron chi connectivity index (χ3n) is 6.43. The fraction of sp³-hybridized carbons (Fsp3) is 0.423. The summed E-state index contributed by atoms with van der Waals surface area (Å²) in [5, 5.41) is 6.06. The molecule has 1 aliphatic heterocycles. The van der Waals surface area contributed by atoms with Crippen molar-refractivity contribution >= 4 is 35.1 Å². The van der Waals surface area contributed by atoms with Gasteiger partial charge in [0.2, 0.25) is 5.91 Å². The van der Waals surface area contributed by atoms with E-state index in [9.17, 15) is 14.4 Å². The second kappa shape index (κ2) is 10.5. The molecule has 7 nitrogen and oxygen atoms in total. The lowest BCUT2D eigenvalue weighted by atomic mass is 9.70. The number of amides is 4. The SMILES string of the molecule is CC(C)[C@@H](NC(=O)c1cccc(NC(N)=O)c1)C(=O)N1CCC(c2ccc(Cl)cc2)C(C)(C)C1. The molecule has 2 aromatic rings. The van der Waals surface area contributed by atoms with Crippen LogP contribution in [-0.2, 0) is 4.79 Å². The number of rotatable bonds is 6. The van der Waals surface area contributed by atoms with Gasteiger partial charge in [-0.25, -0.2) is 4.79 Å². The Morgan fingerprint density at radius 1 is 1.12 bits per heavy atom. The quantitative estimate of drug-likeness (QED) is 0.556. The van der Waals surface area contributed by atoms with Crippen LogP contribution in [-0.4, -0.2) is 41.9 Å². The lowest BCUT2D eigenvalue weighted by molar-refractivity contribution is -0.137. The molecule has 8 heteroatoms. The van der Waals surface area contributed by atoms with Gasteiger partial charge < -0.3 is 21.3 Å². The number of halogens is 1. The minimum absolute atomic E-state index is 0.0857. The van der Waals surface area contributed by atoms with E-state index >= 15 is 0 Å². The third-order valence-corrected chi connectivity index (χ3v) is 6.68. The summed E-state index contributed by atoms with van der Waals surface area (Å²) >= 11 is 6.06. The van der Waals surface area contributed by atoms with E-state index in [1.165, 1.54) is 11.6 Å². The number of hydrogen-bond acceptors (Lipinski definition) is 3. The molecule has 0 aliphatic carbocycles. The number of nitrogens with one attached hydrogen (secondary N) is 2. The molecule has 0 aromatic heterocycles. The third kappa shape index (κ3) is 6.08. The first-order valence-corrected chi connectivity index (χ1v) is 11.9. The summed E-state index contributed by atoms with van der Waals surface area (Å²) in [6.45, 7) is 9.39. The Hall–Kier alpha value is -3.06. The van der Waals surface area contributed by atoms with Gasteiger partial charge in [-0.1, -0.05) is 57.5 Å². The molecule has 1 heterocycles. The number of carbonyl (C=O) groups is 3. The molecule has 2 aromatic carbocycles. The van der Waals surface area contributed by atoms with E-state index in [4.69, 9.17) is 17.3 Å². The number of nitrogens with two attached hydrogens (primary N) is 1. The summed E-state index contributed by atoms with van der Waals surface area (Å²) in [6.07, 6.45) is 0.833. The molecule has 1 saturated heterocycles. The van der Waals surface area contributed by atoms with Gasteiger partial charge in [-0.3, -0.25) is 9.59 Å². The van der Waals surface area contributed by atoms with E-state index in [-0.39, 0.29) is 23.1 Å². The highest BCUT2D eigenvalue weighted by atomic mass is 35.5. The van der Waals surface area contributed by atoms with Gasteiger partial charge in [0.1, 0.15) is 6.04 Å². The zero-order valence-corrected chi connectivity index (χ0v) is 20.9. The largest absolute Gasteiger partial charge is 0.351 e. The standard InChI is InChI=1S/C26H33ClN4O3/c1-16(2)22(30-23(32)18-6-5-7-20(14-18)29-25(28)34)24(33)31-13-12-21(26(3,4)15-31)17-8-10-19(27)11-9-17/h5-11,14,16,21-22H,12-13,15H2,1-4H3,(H,30,32)(H3,28,29,34)/t21?,22-/m1/s1. The Kier molecular flexibility index (Phi) is 7.87. The van der Waals surface area contributed by atoms with E-state index in [1.54, 1.807) is 18.2 Å². The van der Waals surface area contributed by atoms with Gasteiger partial charge in [0.25, 0.3) is 5.91 Å². The van der Waals surface area contributed by atoms with Crippen molar-refractivity contribution in [1.29, 1.82) is 0 Å². The van der Waals surface area contributed by atoms with Crippen LogP contribution in [0.3, 0.4) is 0 Å². The molecular weight excluding hydrogens is 452 g/mol. The number of primary amides is 1. The number of benzene rings is 2. The Balaban J connectivity index is 1.72. The maximum absolute atomic E-state index is 13.5. The Morgan fingerprint density at radius 3 is 2.38 bits per heavy atom. The van der Waals surface area contributed by atoms with Gasteiger partial charge in [0, 0.05) is 29.4 Å². The van der Waals surface area contributed by atoms with Crippen molar-refractivity contribution in [1.82, 2.24) is 10.2 Å². The predicted octanol–water partition coefficient (Wildman–Crippen LogP) is 4.63. The first-order valence-electron chi connectivity index (χ1n) is 11.5. The molecule has 3 rings (SSSR count). The minimum atomic E-state index is -0.711. The highest BCUT2D eigenvalue weighted by molar-refractivity contribution is 6.30. The number of hydrogen-bond donors (Lipinski definition) is 3. The van der Waals surface area contributed by atoms with Crippen molar-refractivity contribution in [3.8, 4) is 0 Å². The molecule has 0 bridgehead atoms. The molecule has 34 heavy (non-hydrogen) atoms. The number of piperidine rings is 1. The van der Waals surface area contributed by atoms with Crippen LogP contribution in [0.4, 0.5) is 10.5 Å². The van der Waals surface area contributed by atoms with Crippen LogP contribution in [0.1, 0.15) is 56.0 Å².